The summed E-state index contributed by atoms with van der Waals surface area (Å²) in [7, 11) is 1.85. The number of hydrogen-bond acceptors (Lipinski definition) is 4. The lowest BCUT2D eigenvalue weighted by molar-refractivity contribution is -0.130. The minimum atomic E-state index is 0.126. The van der Waals surface area contributed by atoms with E-state index >= 15 is 0 Å². The van der Waals surface area contributed by atoms with Gasteiger partial charge in [0.2, 0.25) is 5.91 Å². The maximum Gasteiger partial charge on any atom is 0.252 e. The van der Waals surface area contributed by atoms with Gasteiger partial charge in [-0.3, -0.25) is 4.79 Å². The highest BCUT2D eigenvalue weighted by molar-refractivity contribution is 5.76. The van der Waals surface area contributed by atoms with E-state index in [4.69, 9.17) is 0 Å². The monoisotopic (exact) mass is 337 g/mol. The Morgan fingerprint density at radius 3 is 2.72 bits per heavy atom. The van der Waals surface area contributed by atoms with Crippen molar-refractivity contribution in [2.75, 3.05) is 7.05 Å². The molecule has 1 amide bonds. The number of amides is 1. The van der Waals surface area contributed by atoms with Crippen molar-refractivity contribution in [1.82, 2.24) is 24.5 Å². The molecule has 6 nitrogen and oxygen atoms in total. The minimum Gasteiger partial charge on any atom is -0.341 e. The molecule has 0 aliphatic carbocycles. The number of nitrogens with zero attached hydrogens (tertiary/aromatic N) is 5. The molecule has 0 bridgehead atoms. The molecule has 0 atom stereocenters. The van der Waals surface area contributed by atoms with Crippen LogP contribution in [0.15, 0.2) is 30.6 Å². The Balaban J connectivity index is 1.69. The summed E-state index contributed by atoms with van der Waals surface area (Å²) < 4.78 is 1.73. The van der Waals surface area contributed by atoms with Crippen molar-refractivity contribution in [1.29, 1.82) is 0 Å². The van der Waals surface area contributed by atoms with E-state index in [9.17, 15) is 4.79 Å². The van der Waals surface area contributed by atoms with Crippen LogP contribution in [0.5, 0.6) is 0 Å². The number of hydrogen-bond donors (Lipinski definition) is 0. The van der Waals surface area contributed by atoms with Crippen LogP contribution in [-0.2, 0) is 17.8 Å². The molecule has 0 aliphatic heterocycles. The van der Waals surface area contributed by atoms with Gasteiger partial charge in [-0.1, -0.05) is 24.3 Å². The Hall–Kier alpha value is -2.76. The Morgan fingerprint density at radius 2 is 1.96 bits per heavy atom. The smallest absolute Gasteiger partial charge is 0.252 e. The molecule has 0 fully saturated rings. The van der Waals surface area contributed by atoms with E-state index in [2.05, 4.69) is 34.1 Å². The zero-order valence-corrected chi connectivity index (χ0v) is 15.2. The molecule has 25 heavy (non-hydrogen) atoms. The number of carbonyl (C=O) groups excluding carboxylic acids is 1. The second kappa shape index (κ2) is 7.01. The van der Waals surface area contributed by atoms with Gasteiger partial charge in [0.15, 0.2) is 0 Å². The predicted molar refractivity (Wildman–Crippen MR) is 96.2 cm³/mol. The summed E-state index contributed by atoms with van der Waals surface area (Å²) in [5.74, 6) is 0.725. The summed E-state index contributed by atoms with van der Waals surface area (Å²) in [6.45, 7) is 6.65. The lowest BCUT2D eigenvalue weighted by Crippen LogP contribution is -2.27. The summed E-state index contributed by atoms with van der Waals surface area (Å²) in [6, 6.07) is 8.15. The van der Waals surface area contributed by atoms with Crippen molar-refractivity contribution >= 4 is 11.7 Å². The molecule has 0 spiro atoms. The number of aromatic nitrogens is 4. The third kappa shape index (κ3) is 3.52. The van der Waals surface area contributed by atoms with Crippen LogP contribution in [0.1, 0.15) is 34.5 Å². The lowest BCUT2D eigenvalue weighted by atomic mass is 10.1. The molecule has 0 saturated carbocycles. The number of benzene rings is 1. The van der Waals surface area contributed by atoms with Crippen LogP contribution in [-0.4, -0.2) is 37.4 Å². The maximum absolute atomic E-state index is 12.5. The van der Waals surface area contributed by atoms with E-state index in [0.717, 1.165) is 17.0 Å². The molecular weight excluding hydrogens is 314 g/mol. The summed E-state index contributed by atoms with van der Waals surface area (Å²) in [4.78, 5) is 22.9. The van der Waals surface area contributed by atoms with Crippen LogP contribution in [0.4, 0.5) is 0 Å². The first-order valence-corrected chi connectivity index (χ1v) is 8.41. The quantitative estimate of drug-likeness (QED) is 0.718. The van der Waals surface area contributed by atoms with Gasteiger partial charge in [0, 0.05) is 31.4 Å². The zero-order chi connectivity index (χ0) is 18.0. The maximum atomic E-state index is 12.5. The molecule has 2 heterocycles. The van der Waals surface area contributed by atoms with Gasteiger partial charge in [-0.05, 0) is 43.9 Å². The minimum absolute atomic E-state index is 0.126. The highest BCUT2D eigenvalue weighted by Gasteiger charge is 2.15. The van der Waals surface area contributed by atoms with Crippen molar-refractivity contribution in [2.45, 2.75) is 40.2 Å². The molecule has 1 aromatic carbocycles. The molecular formula is C19H23N5O. The SMILES string of the molecule is Cc1ccccc1CN(C)C(=O)CCc1c(C)nc2ncnn2c1C. The molecule has 0 unspecified atom stereocenters. The zero-order valence-electron chi connectivity index (χ0n) is 15.2. The summed E-state index contributed by atoms with van der Waals surface area (Å²) in [5.41, 5.74) is 5.35. The van der Waals surface area contributed by atoms with Crippen LogP contribution in [0.25, 0.3) is 5.78 Å². The highest BCUT2D eigenvalue weighted by Crippen LogP contribution is 2.16. The molecule has 0 radical (unpaired) electrons. The van der Waals surface area contributed by atoms with Gasteiger partial charge in [0.05, 0.1) is 0 Å². The first-order chi connectivity index (χ1) is 12.0. The summed E-state index contributed by atoms with van der Waals surface area (Å²) >= 11 is 0. The van der Waals surface area contributed by atoms with E-state index in [1.165, 1.54) is 17.5 Å². The summed E-state index contributed by atoms with van der Waals surface area (Å²) in [6.07, 6.45) is 2.60. The molecule has 6 heteroatoms. The van der Waals surface area contributed by atoms with Crippen LogP contribution < -0.4 is 0 Å². The number of rotatable bonds is 5. The fourth-order valence-corrected chi connectivity index (χ4v) is 3.07. The van der Waals surface area contributed by atoms with Crippen LogP contribution in [0.3, 0.4) is 0 Å². The predicted octanol–water partition coefficient (Wildman–Crippen LogP) is 2.64. The van der Waals surface area contributed by atoms with Gasteiger partial charge in [-0.15, -0.1) is 0 Å². The Bertz CT molecular complexity index is 915. The van der Waals surface area contributed by atoms with Crippen molar-refractivity contribution in [3.8, 4) is 0 Å². The number of carbonyl (C=O) groups is 1. The van der Waals surface area contributed by atoms with Crippen molar-refractivity contribution in [3.05, 3.63) is 58.7 Å². The Kier molecular flexibility index (Phi) is 4.79. The molecule has 130 valence electrons. The van der Waals surface area contributed by atoms with Crippen molar-refractivity contribution in [3.63, 3.8) is 0 Å². The second-order valence-corrected chi connectivity index (χ2v) is 6.41. The third-order valence-corrected chi connectivity index (χ3v) is 4.67. The number of aryl methyl sites for hydroxylation is 3. The summed E-state index contributed by atoms with van der Waals surface area (Å²) in [5, 5.41) is 4.20. The highest BCUT2D eigenvalue weighted by atomic mass is 16.2. The van der Waals surface area contributed by atoms with E-state index in [-0.39, 0.29) is 5.91 Å². The molecule has 2 aromatic heterocycles. The fraction of sp³-hybridized carbons (Fsp3) is 0.368. The molecule has 0 saturated heterocycles. The van der Waals surface area contributed by atoms with Gasteiger partial charge < -0.3 is 4.90 Å². The first-order valence-electron chi connectivity index (χ1n) is 8.41. The molecule has 3 aromatic rings. The van der Waals surface area contributed by atoms with E-state index in [1.807, 2.05) is 33.0 Å². The second-order valence-electron chi connectivity index (χ2n) is 6.41. The largest absolute Gasteiger partial charge is 0.341 e. The van der Waals surface area contributed by atoms with Gasteiger partial charge in [-0.25, -0.2) is 9.50 Å². The van der Waals surface area contributed by atoms with Gasteiger partial charge in [-0.2, -0.15) is 10.1 Å². The molecule has 0 N–H and O–H groups in total. The Labute approximate surface area is 147 Å². The number of fused-ring (bicyclic) bond motifs is 1. The van der Waals surface area contributed by atoms with E-state index in [1.54, 1.807) is 9.42 Å². The topological polar surface area (TPSA) is 63.4 Å². The fourth-order valence-electron chi connectivity index (χ4n) is 3.07. The van der Waals surface area contributed by atoms with Crippen molar-refractivity contribution < 1.29 is 4.79 Å². The van der Waals surface area contributed by atoms with Gasteiger partial charge >= 0.3 is 0 Å². The Morgan fingerprint density at radius 1 is 1.20 bits per heavy atom. The van der Waals surface area contributed by atoms with Gasteiger partial charge in [0.25, 0.3) is 5.78 Å². The molecule has 3 rings (SSSR count). The molecule has 0 aliphatic rings. The normalized spacial score (nSPS) is 11.0. The average molecular weight is 337 g/mol. The van der Waals surface area contributed by atoms with Crippen LogP contribution >= 0.6 is 0 Å². The third-order valence-electron chi connectivity index (χ3n) is 4.67. The van der Waals surface area contributed by atoms with E-state index in [0.29, 0.717) is 25.2 Å². The van der Waals surface area contributed by atoms with Crippen molar-refractivity contribution in [2.24, 2.45) is 0 Å². The standard InChI is InChI=1S/C19H23N5O/c1-13-7-5-6-8-16(13)11-23(4)18(25)10-9-17-14(2)22-19-20-12-21-24(19)15(17)3/h5-8,12H,9-11H2,1-4H3. The van der Waals surface area contributed by atoms with Crippen LogP contribution in [0, 0.1) is 20.8 Å². The average Bonchev–Trinajstić information content (AvgIpc) is 3.05. The first kappa shape index (κ1) is 17.1. The lowest BCUT2D eigenvalue weighted by Gasteiger charge is -2.19. The van der Waals surface area contributed by atoms with Crippen LogP contribution in [0.2, 0.25) is 0 Å². The van der Waals surface area contributed by atoms with E-state index < -0.39 is 0 Å². The van der Waals surface area contributed by atoms with Gasteiger partial charge in [0.1, 0.15) is 6.33 Å².